The third-order valence-corrected chi connectivity index (χ3v) is 8.29. The normalized spacial score (nSPS) is 19.6. The fourth-order valence-corrected chi connectivity index (χ4v) is 6.08. The highest BCUT2D eigenvalue weighted by Crippen LogP contribution is 2.31. The van der Waals surface area contributed by atoms with Crippen molar-refractivity contribution in [1.82, 2.24) is 29.8 Å². The summed E-state index contributed by atoms with van der Waals surface area (Å²) in [7, 11) is 0. The van der Waals surface area contributed by atoms with Crippen molar-refractivity contribution in [3.63, 3.8) is 0 Å². The van der Waals surface area contributed by atoms with Crippen LogP contribution in [0, 0.1) is 0 Å². The molecule has 4 heterocycles. The van der Waals surface area contributed by atoms with Gasteiger partial charge in [-0.25, -0.2) is 19.9 Å². The SMILES string of the molecule is CSc1cnc(N[C@H]2CC[C@H](Nc3nc4ccc(C(=O)N5CCc6[nH]cnc6C5)cc4s3)C2)nc1. The fraction of sp³-hybridized carbons (Fsp3) is 0.375. The first-order valence-corrected chi connectivity index (χ1v) is 13.8. The number of thioether (sulfide) groups is 1. The van der Waals surface area contributed by atoms with Crippen LogP contribution in [-0.4, -0.2) is 60.6 Å². The quantitative estimate of drug-likeness (QED) is 0.334. The number of rotatable bonds is 6. The van der Waals surface area contributed by atoms with E-state index in [0.717, 1.165) is 57.3 Å². The molecule has 1 aliphatic heterocycles. The second-order valence-electron chi connectivity index (χ2n) is 8.95. The molecule has 2 aliphatic rings. The van der Waals surface area contributed by atoms with E-state index in [-0.39, 0.29) is 5.91 Å². The van der Waals surface area contributed by atoms with E-state index in [1.54, 1.807) is 29.4 Å². The number of benzene rings is 1. The first kappa shape index (κ1) is 22.3. The molecule has 0 saturated heterocycles. The van der Waals surface area contributed by atoms with Gasteiger partial charge in [-0.15, -0.1) is 11.8 Å². The highest BCUT2D eigenvalue weighted by Gasteiger charge is 2.27. The first-order valence-electron chi connectivity index (χ1n) is 11.7. The fourth-order valence-electron chi connectivity index (χ4n) is 4.78. The van der Waals surface area contributed by atoms with Crippen molar-refractivity contribution < 1.29 is 4.79 Å². The van der Waals surface area contributed by atoms with Crippen LogP contribution in [0.2, 0.25) is 0 Å². The summed E-state index contributed by atoms with van der Waals surface area (Å²) in [6.45, 7) is 1.25. The second-order valence-corrected chi connectivity index (χ2v) is 10.9. The minimum atomic E-state index is 0.0425. The molecular formula is C24H26N8OS2. The Morgan fingerprint density at radius 1 is 1.17 bits per heavy atom. The lowest BCUT2D eigenvalue weighted by Gasteiger charge is -2.26. The number of fused-ring (bicyclic) bond motifs is 2. The summed E-state index contributed by atoms with van der Waals surface area (Å²) in [6.07, 6.45) is 11.3. The second kappa shape index (κ2) is 9.46. The summed E-state index contributed by atoms with van der Waals surface area (Å²) in [4.78, 5) is 37.1. The van der Waals surface area contributed by atoms with Gasteiger partial charge >= 0.3 is 0 Å². The van der Waals surface area contributed by atoms with E-state index >= 15 is 0 Å². The summed E-state index contributed by atoms with van der Waals surface area (Å²) in [5.74, 6) is 0.726. The van der Waals surface area contributed by atoms with Crippen LogP contribution in [0.25, 0.3) is 10.2 Å². The topological polar surface area (TPSA) is 112 Å². The molecule has 0 spiro atoms. The zero-order chi connectivity index (χ0) is 23.8. The van der Waals surface area contributed by atoms with Crippen LogP contribution >= 0.6 is 23.1 Å². The van der Waals surface area contributed by atoms with Gasteiger partial charge in [0.15, 0.2) is 5.13 Å². The summed E-state index contributed by atoms with van der Waals surface area (Å²) in [5, 5.41) is 7.95. The minimum absolute atomic E-state index is 0.0425. The molecule has 1 fully saturated rings. The third-order valence-electron chi connectivity index (χ3n) is 6.66. The number of aromatic nitrogens is 5. The number of thiazole rings is 1. The molecule has 1 aromatic carbocycles. The van der Waals surface area contributed by atoms with E-state index in [4.69, 9.17) is 4.98 Å². The molecule has 11 heteroatoms. The molecule has 0 unspecified atom stereocenters. The smallest absolute Gasteiger partial charge is 0.254 e. The summed E-state index contributed by atoms with van der Waals surface area (Å²) in [5.41, 5.74) is 3.71. The van der Waals surface area contributed by atoms with Crippen LogP contribution < -0.4 is 10.6 Å². The number of nitrogens with one attached hydrogen (secondary N) is 3. The Morgan fingerprint density at radius 2 is 2.00 bits per heavy atom. The number of hydrogen-bond acceptors (Lipinski definition) is 9. The Kier molecular flexibility index (Phi) is 6.03. The summed E-state index contributed by atoms with van der Waals surface area (Å²) < 4.78 is 1.02. The third kappa shape index (κ3) is 4.70. The molecule has 0 bridgehead atoms. The van der Waals surface area contributed by atoms with Gasteiger partial charge in [0, 0.05) is 53.6 Å². The van der Waals surface area contributed by atoms with E-state index in [2.05, 4.69) is 30.6 Å². The van der Waals surface area contributed by atoms with Crippen molar-refractivity contribution in [2.24, 2.45) is 0 Å². The van der Waals surface area contributed by atoms with Crippen molar-refractivity contribution in [2.45, 2.75) is 49.2 Å². The monoisotopic (exact) mass is 506 g/mol. The van der Waals surface area contributed by atoms with Gasteiger partial charge in [0.05, 0.1) is 28.8 Å². The number of H-pyrrole nitrogens is 1. The van der Waals surface area contributed by atoms with Crippen LogP contribution in [-0.2, 0) is 13.0 Å². The van der Waals surface area contributed by atoms with Crippen LogP contribution in [0.5, 0.6) is 0 Å². The number of carbonyl (C=O) groups is 1. The zero-order valence-corrected chi connectivity index (χ0v) is 21.0. The molecule has 3 N–H and O–H groups in total. The van der Waals surface area contributed by atoms with Gasteiger partial charge in [-0.2, -0.15) is 0 Å². The molecule has 6 rings (SSSR count). The van der Waals surface area contributed by atoms with Gasteiger partial charge in [0.1, 0.15) is 0 Å². The van der Waals surface area contributed by atoms with Gasteiger partial charge in [0.2, 0.25) is 5.95 Å². The van der Waals surface area contributed by atoms with Crippen molar-refractivity contribution >= 4 is 50.3 Å². The van der Waals surface area contributed by atoms with Crippen LogP contribution in [0.1, 0.15) is 41.0 Å². The first-order chi connectivity index (χ1) is 17.1. The van der Waals surface area contributed by atoms with Crippen LogP contribution in [0.4, 0.5) is 11.1 Å². The Morgan fingerprint density at radius 3 is 2.83 bits per heavy atom. The molecule has 1 amide bonds. The molecule has 35 heavy (non-hydrogen) atoms. The average Bonchev–Trinajstić information content (AvgIpc) is 3.62. The number of anilines is 2. The maximum Gasteiger partial charge on any atom is 0.254 e. The van der Waals surface area contributed by atoms with Crippen molar-refractivity contribution in [2.75, 3.05) is 23.4 Å². The predicted octanol–water partition coefficient (Wildman–Crippen LogP) is 4.17. The van der Waals surface area contributed by atoms with E-state index in [1.165, 1.54) is 0 Å². The van der Waals surface area contributed by atoms with Gasteiger partial charge in [0.25, 0.3) is 5.91 Å². The van der Waals surface area contributed by atoms with Gasteiger partial charge in [-0.05, 0) is 43.7 Å². The Hall–Kier alpha value is -3.18. The molecule has 9 nitrogen and oxygen atoms in total. The Bertz CT molecular complexity index is 1350. The molecule has 180 valence electrons. The highest BCUT2D eigenvalue weighted by atomic mass is 32.2. The van der Waals surface area contributed by atoms with Gasteiger partial charge in [-0.1, -0.05) is 11.3 Å². The molecule has 1 saturated carbocycles. The number of aromatic amines is 1. The molecule has 2 atom stereocenters. The maximum atomic E-state index is 13.1. The number of imidazole rings is 1. The van der Waals surface area contributed by atoms with E-state index in [0.29, 0.717) is 36.7 Å². The lowest BCUT2D eigenvalue weighted by Crippen LogP contribution is -2.36. The zero-order valence-electron chi connectivity index (χ0n) is 19.3. The largest absolute Gasteiger partial charge is 0.359 e. The van der Waals surface area contributed by atoms with E-state index < -0.39 is 0 Å². The van der Waals surface area contributed by atoms with Crippen molar-refractivity contribution in [1.29, 1.82) is 0 Å². The summed E-state index contributed by atoms with van der Waals surface area (Å²) in [6, 6.07) is 6.48. The lowest BCUT2D eigenvalue weighted by molar-refractivity contribution is 0.0732. The Labute approximate surface area is 211 Å². The number of amides is 1. The highest BCUT2D eigenvalue weighted by molar-refractivity contribution is 7.98. The summed E-state index contributed by atoms with van der Waals surface area (Å²) >= 11 is 3.24. The van der Waals surface area contributed by atoms with Gasteiger partial charge in [-0.3, -0.25) is 4.79 Å². The van der Waals surface area contributed by atoms with Crippen LogP contribution in [0.15, 0.2) is 41.8 Å². The molecule has 1 aliphatic carbocycles. The molecular weight excluding hydrogens is 480 g/mol. The van der Waals surface area contributed by atoms with E-state index in [1.807, 2.05) is 41.7 Å². The van der Waals surface area contributed by atoms with Gasteiger partial charge < -0.3 is 20.5 Å². The standard InChI is InChI=1S/C24H26N8OS2/c1-34-17-10-25-23(26-11-17)29-15-3-4-16(9-15)30-24-31-19-5-2-14(8-21(19)35-24)22(33)32-7-6-18-20(12-32)28-13-27-18/h2,5,8,10-11,13,15-16H,3-4,6-7,9,12H2,1H3,(H,27,28)(H,30,31)(H,25,26,29)/t15-,16-/m0/s1. The molecule has 0 radical (unpaired) electrons. The number of carbonyl (C=O) groups excluding carboxylic acids is 1. The van der Waals surface area contributed by atoms with Crippen LogP contribution in [0.3, 0.4) is 0 Å². The van der Waals surface area contributed by atoms with E-state index in [9.17, 15) is 4.79 Å². The Balaban J connectivity index is 1.09. The average molecular weight is 507 g/mol. The van der Waals surface area contributed by atoms with Crippen molar-refractivity contribution in [3.05, 3.63) is 53.9 Å². The molecule has 4 aromatic rings. The minimum Gasteiger partial charge on any atom is -0.359 e. The maximum absolute atomic E-state index is 13.1. The lowest BCUT2D eigenvalue weighted by atomic mass is 10.1. The number of hydrogen-bond donors (Lipinski definition) is 3. The molecule has 3 aromatic heterocycles. The predicted molar refractivity (Wildman–Crippen MR) is 139 cm³/mol. The number of nitrogens with zero attached hydrogens (tertiary/aromatic N) is 5. The van der Waals surface area contributed by atoms with Crippen molar-refractivity contribution in [3.8, 4) is 0 Å².